The van der Waals surface area contributed by atoms with Crippen LogP contribution in [-0.2, 0) is 0 Å². The number of carboxylic acid groups (broad SMARTS) is 1. The molecule has 0 aliphatic rings. The van der Waals surface area contributed by atoms with E-state index in [0.29, 0.717) is 11.4 Å². The zero-order valence-electron chi connectivity index (χ0n) is 10.1. The molecule has 4 N–H and O–H groups in total. The second-order valence-electron chi connectivity index (χ2n) is 3.82. The van der Waals surface area contributed by atoms with E-state index < -0.39 is 5.97 Å². The normalized spacial score (nSPS) is 12.1. The van der Waals surface area contributed by atoms with Crippen molar-refractivity contribution in [2.45, 2.75) is 19.9 Å². The van der Waals surface area contributed by atoms with Gasteiger partial charge in [0, 0.05) is 23.2 Å². The molecule has 0 spiro atoms. The summed E-state index contributed by atoms with van der Waals surface area (Å²) in [7, 11) is 0. The molecule has 0 aromatic heterocycles. The van der Waals surface area contributed by atoms with E-state index >= 15 is 0 Å². The summed E-state index contributed by atoms with van der Waals surface area (Å²) in [4.78, 5) is 11.1. The Morgan fingerprint density at radius 1 is 1.59 bits per heavy atom. The molecule has 0 fully saturated rings. The highest BCUT2D eigenvalue weighted by atomic mass is 32.2. The van der Waals surface area contributed by atoms with Crippen molar-refractivity contribution in [1.29, 1.82) is 0 Å². The molecule has 5 heteroatoms. The molecule has 0 aliphatic heterocycles. The maximum Gasteiger partial charge on any atom is 0.337 e. The van der Waals surface area contributed by atoms with Gasteiger partial charge in [0.1, 0.15) is 0 Å². The average Bonchev–Trinajstić information content (AvgIpc) is 2.28. The lowest BCUT2D eigenvalue weighted by Crippen LogP contribution is -2.20. The van der Waals surface area contributed by atoms with Crippen molar-refractivity contribution in [2.75, 3.05) is 22.6 Å². The van der Waals surface area contributed by atoms with E-state index in [1.54, 1.807) is 12.1 Å². The van der Waals surface area contributed by atoms with Crippen molar-refractivity contribution in [3.05, 3.63) is 23.8 Å². The number of anilines is 2. The first kappa shape index (κ1) is 13.7. The lowest BCUT2D eigenvalue weighted by Gasteiger charge is -2.16. The van der Waals surface area contributed by atoms with Gasteiger partial charge in [0.05, 0.1) is 5.56 Å². The van der Waals surface area contributed by atoms with Gasteiger partial charge in [0.15, 0.2) is 0 Å². The van der Waals surface area contributed by atoms with Gasteiger partial charge in [-0.05, 0) is 30.9 Å². The summed E-state index contributed by atoms with van der Waals surface area (Å²) in [5.74, 6) is 1.04. The SMILES string of the molecule is CCSCC(C)Nc1ccc(N)cc1C(=O)O. The topological polar surface area (TPSA) is 75.3 Å². The van der Waals surface area contributed by atoms with Crippen molar-refractivity contribution < 1.29 is 9.90 Å². The third-order valence-electron chi connectivity index (χ3n) is 2.25. The van der Waals surface area contributed by atoms with Crippen LogP contribution in [0.3, 0.4) is 0 Å². The summed E-state index contributed by atoms with van der Waals surface area (Å²) in [5, 5.41) is 12.3. The lowest BCUT2D eigenvalue weighted by atomic mass is 10.1. The minimum absolute atomic E-state index is 0.221. The standard InChI is InChI=1S/C12H18N2O2S/c1-3-17-7-8(2)14-11-5-4-9(13)6-10(11)12(15)16/h4-6,8,14H,3,7,13H2,1-2H3,(H,15,16). The maximum atomic E-state index is 11.1. The molecule has 1 unspecified atom stereocenters. The second-order valence-corrected chi connectivity index (χ2v) is 5.13. The Hall–Kier alpha value is -1.36. The first-order chi connectivity index (χ1) is 8.04. The van der Waals surface area contributed by atoms with Crippen molar-refractivity contribution >= 4 is 29.1 Å². The number of hydrogen-bond acceptors (Lipinski definition) is 4. The molecule has 17 heavy (non-hydrogen) atoms. The molecule has 0 radical (unpaired) electrons. The van der Waals surface area contributed by atoms with Crippen molar-refractivity contribution in [1.82, 2.24) is 0 Å². The van der Waals surface area contributed by atoms with E-state index in [1.807, 2.05) is 18.7 Å². The third-order valence-corrected chi connectivity index (χ3v) is 3.39. The van der Waals surface area contributed by atoms with Crippen molar-refractivity contribution in [3.63, 3.8) is 0 Å². The van der Waals surface area contributed by atoms with Crippen LogP contribution in [0.15, 0.2) is 18.2 Å². The Balaban J connectivity index is 2.79. The number of aromatic carboxylic acids is 1. The maximum absolute atomic E-state index is 11.1. The third kappa shape index (κ3) is 4.19. The number of carbonyl (C=O) groups is 1. The average molecular weight is 254 g/mol. The zero-order chi connectivity index (χ0) is 12.8. The van der Waals surface area contributed by atoms with Crippen LogP contribution < -0.4 is 11.1 Å². The minimum Gasteiger partial charge on any atom is -0.478 e. The number of thioether (sulfide) groups is 1. The summed E-state index contributed by atoms with van der Waals surface area (Å²) in [6.45, 7) is 4.13. The molecular formula is C12H18N2O2S. The molecule has 0 aliphatic carbocycles. The Labute approximate surface area is 106 Å². The fraction of sp³-hybridized carbons (Fsp3) is 0.417. The van der Waals surface area contributed by atoms with Crippen LogP contribution in [0.1, 0.15) is 24.2 Å². The molecule has 0 saturated heterocycles. The number of hydrogen-bond donors (Lipinski definition) is 3. The predicted octanol–water partition coefficient (Wildman–Crippen LogP) is 2.52. The molecule has 0 saturated carbocycles. The first-order valence-electron chi connectivity index (χ1n) is 5.51. The van der Waals surface area contributed by atoms with Crippen LogP contribution in [0, 0.1) is 0 Å². The van der Waals surface area contributed by atoms with Gasteiger partial charge < -0.3 is 16.2 Å². The Morgan fingerprint density at radius 3 is 2.88 bits per heavy atom. The van der Waals surface area contributed by atoms with E-state index in [9.17, 15) is 4.79 Å². The molecule has 1 atom stereocenters. The zero-order valence-corrected chi connectivity index (χ0v) is 10.9. The second kappa shape index (κ2) is 6.39. The molecule has 0 amide bonds. The Bertz CT molecular complexity index is 396. The summed E-state index contributed by atoms with van der Waals surface area (Å²) >= 11 is 1.82. The van der Waals surface area contributed by atoms with Gasteiger partial charge in [-0.3, -0.25) is 0 Å². The highest BCUT2D eigenvalue weighted by molar-refractivity contribution is 7.99. The van der Waals surface area contributed by atoms with E-state index in [-0.39, 0.29) is 11.6 Å². The quantitative estimate of drug-likeness (QED) is 0.680. The van der Waals surface area contributed by atoms with Gasteiger partial charge in [-0.25, -0.2) is 4.79 Å². The van der Waals surface area contributed by atoms with Gasteiger partial charge in [0.25, 0.3) is 0 Å². The molecule has 1 aromatic carbocycles. The summed E-state index contributed by atoms with van der Waals surface area (Å²) in [6.07, 6.45) is 0. The van der Waals surface area contributed by atoms with Crippen LogP contribution in [0.25, 0.3) is 0 Å². The van der Waals surface area contributed by atoms with Crippen LogP contribution in [0.5, 0.6) is 0 Å². The fourth-order valence-electron chi connectivity index (χ4n) is 1.47. The molecule has 1 aromatic rings. The lowest BCUT2D eigenvalue weighted by molar-refractivity contribution is 0.0698. The number of benzene rings is 1. The number of carboxylic acids is 1. The Kier molecular flexibility index (Phi) is 5.15. The molecule has 1 rings (SSSR count). The van der Waals surface area contributed by atoms with Gasteiger partial charge >= 0.3 is 5.97 Å². The highest BCUT2D eigenvalue weighted by Gasteiger charge is 2.12. The minimum atomic E-state index is -0.963. The number of nitrogens with one attached hydrogen (secondary N) is 1. The van der Waals surface area contributed by atoms with Crippen LogP contribution in [-0.4, -0.2) is 28.6 Å². The molecular weight excluding hydrogens is 236 g/mol. The van der Waals surface area contributed by atoms with Crippen molar-refractivity contribution in [3.8, 4) is 0 Å². The van der Waals surface area contributed by atoms with Crippen molar-refractivity contribution in [2.24, 2.45) is 0 Å². The monoisotopic (exact) mass is 254 g/mol. The smallest absolute Gasteiger partial charge is 0.337 e. The molecule has 94 valence electrons. The molecule has 0 bridgehead atoms. The van der Waals surface area contributed by atoms with Crippen LogP contribution in [0.4, 0.5) is 11.4 Å². The number of nitrogen functional groups attached to an aromatic ring is 1. The van der Waals surface area contributed by atoms with Crippen LogP contribution >= 0.6 is 11.8 Å². The van der Waals surface area contributed by atoms with Gasteiger partial charge in [-0.15, -0.1) is 0 Å². The molecule has 4 nitrogen and oxygen atoms in total. The number of rotatable bonds is 6. The highest BCUT2D eigenvalue weighted by Crippen LogP contribution is 2.20. The Morgan fingerprint density at radius 2 is 2.29 bits per heavy atom. The summed E-state index contributed by atoms with van der Waals surface area (Å²) in [5.41, 5.74) is 6.88. The van der Waals surface area contributed by atoms with E-state index in [4.69, 9.17) is 10.8 Å². The van der Waals surface area contributed by atoms with E-state index in [1.165, 1.54) is 6.07 Å². The first-order valence-corrected chi connectivity index (χ1v) is 6.67. The van der Waals surface area contributed by atoms with Crippen LogP contribution in [0.2, 0.25) is 0 Å². The van der Waals surface area contributed by atoms with Gasteiger partial charge in [-0.1, -0.05) is 6.92 Å². The summed E-state index contributed by atoms with van der Waals surface area (Å²) in [6, 6.07) is 5.12. The van der Waals surface area contributed by atoms with E-state index in [2.05, 4.69) is 12.2 Å². The largest absolute Gasteiger partial charge is 0.478 e. The molecule has 0 heterocycles. The van der Waals surface area contributed by atoms with Gasteiger partial charge in [0.2, 0.25) is 0 Å². The predicted molar refractivity (Wildman–Crippen MR) is 73.9 cm³/mol. The van der Waals surface area contributed by atoms with E-state index in [0.717, 1.165) is 11.5 Å². The summed E-state index contributed by atoms with van der Waals surface area (Å²) < 4.78 is 0. The van der Waals surface area contributed by atoms with Gasteiger partial charge in [-0.2, -0.15) is 11.8 Å². The fourth-order valence-corrected chi connectivity index (χ4v) is 2.14. The number of nitrogens with two attached hydrogens (primary N) is 1.